The minimum absolute atomic E-state index is 0.0885. The van der Waals surface area contributed by atoms with Gasteiger partial charge in [-0.05, 0) is 66.6 Å². The molecule has 3 aromatic rings. The largest absolute Gasteiger partial charge is 0.497 e. The normalized spacial score (nSPS) is 10.9. The lowest BCUT2D eigenvalue weighted by molar-refractivity contribution is -0.115. The van der Waals surface area contributed by atoms with Crippen molar-refractivity contribution in [3.8, 4) is 11.5 Å². The zero-order valence-electron chi connectivity index (χ0n) is 17.5. The molecule has 0 aliphatic carbocycles. The lowest BCUT2D eigenvalue weighted by atomic mass is 10.1. The van der Waals surface area contributed by atoms with Gasteiger partial charge in [0.05, 0.1) is 25.5 Å². The summed E-state index contributed by atoms with van der Waals surface area (Å²) in [4.78, 5) is 12.5. The molecular weight excluding hydrogens is 416 g/mol. The molecule has 162 valence electrons. The maximum atomic E-state index is 12.9. The number of carbonyl (C=O) groups is 1. The van der Waals surface area contributed by atoms with Gasteiger partial charge in [-0.1, -0.05) is 18.2 Å². The van der Waals surface area contributed by atoms with Crippen LogP contribution in [-0.4, -0.2) is 28.5 Å². The van der Waals surface area contributed by atoms with E-state index < -0.39 is 10.0 Å². The Bertz CT molecular complexity index is 1160. The van der Waals surface area contributed by atoms with E-state index in [0.717, 1.165) is 5.56 Å². The van der Waals surface area contributed by atoms with Crippen LogP contribution in [0.25, 0.3) is 0 Å². The Morgan fingerprint density at radius 2 is 1.39 bits per heavy atom. The molecule has 0 aliphatic heterocycles. The number of hydrogen-bond acceptors (Lipinski definition) is 5. The molecule has 8 heteroatoms. The summed E-state index contributed by atoms with van der Waals surface area (Å²) in [5.74, 6) is 1.09. The van der Waals surface area contributed by atoms with Crippen molar-refractivity contribution in [2.45, 2.75) is 18.2 Å². The van der Waals surface area contributed by atoms with E-state index in [1.165, 1.54) is 13.2 Å². The molecule has 0 saturated carbocycles. The molecule has 2 N–H and O–H groups in total. The quantitative estimate of drug-likeness (QED) is 0.552. The number of ether oxygens (including phenoxy) is 2. The Kier molecular flexibility index (Phi) is 6.81. The summed E-state index contributed by atoms with van der Waals surface area (Å²) < 4.78 is 38.5. The number of methoxy groups -OCH3 is 2. The van der Waals surface area contributed by atoms with E-state index in [2.05, 4.69) is 10.0 Å². The smallest absolute Gasteiger partial charge is 0.262 e. The molecule has 0 saturated heterocycles. The third kappa shape index (κ3) is 5.76. The van der Waals surface area contributed by atoms with Crippen molar-refractivity contribution in [2.75, 3.05) is 24.3 Å². The fourth-order valence-corrected chi connectivity index (χ4v) is 4.30. The summed E-state index contributed by atoms with van der Waals surface area (Å²) in [5, 5.41) is 2.76. The molecule has 3 rings (SSSR count). The van der Waals surface area contributed by atoms with Gasteiger partial charge in [-0.15, -0.1) is 0 Å². The van der Waals surface area contributed by atoms with Gasteiger partial charge in [0, 0.05) is 11.4 Å². The van der Waals surface area contributed by atoms with Crippen LogP contribution in [0.1, 0.15) is 11.1 Å². The van der Waals surface area contributed by atoms with E-state index in [0.29, 0.717) is 28.4 Å². The van der Waals surface area contributed by atoms with Gasteiger partial charge >= 0.3 is 0 Å². The zero-order valence-corrected chi connectivity index (χ0v) is 18.3. The van der Waals surface area contributed by atoms with E-state index in [4.69, 9.17) is 9.47 Å². The summed E-state index contributed by atoms with van der Waals surface area (Å²) in [6.45, 7) is 1.70. The standard InChI is InChI=1S/C23H24N2O5S/c1-16-4-7-19(24-23(26)14-17-5-10-20(29-2)11-6-17)15-22(16)31(27,28)25-18-8-12-21(30-3)13-9-18/h4-13,15,25H,14H2,1-3H3,(H,24,26). The molecule has 0 unspecified atom stereocenters. The Hall–Kier alpha value is -3.52. The lowest BCUT2D eigenvalue weighted by Crippen LogP contribution is -2.17. The second-order valence-corrected chi connectivity index (χ2v) is 8.54. The molecule has 0 fully saturated rings. The second-order valence-electron chi connectivity index (χ2n) is 6.89. The van der Waals surface area contributed by atoms with E-state index in [-0.39, 0.29) is 17.2 Å². The summed E-state index contributed by atoms with van der Waals surface area (Å²) in [5.41, 5.74) is 2.20. The van der Waals surface area contributed by atoms with Gasteiger partial charge in [-0.25, -0.2) is 8.42 Å². The molecule has 0 aromatic heterocycles. The van der Waals surface area contributed by atoms with Crippen LogP contribution in [0, 0.1) is 6.92 Å². The number of sulfonamides is 1. The Balaban J connectivity index is 1.74. The van der Waals surface area contributed by atoms with Gasteiger partial charge in [0.15, 0.2) is 0 Å². The van der Waals surface area contributed by atoms with Gasteiger partial charge in [0.25, 0.3) is 10.0 Å². The molecule has 31 heavy (non-hydrogen) atoms. The van der Waals surface area contributed by atoms with Crippen LogP contribution >= 0.6 is 0 Å². The summed E-state index contributed by atoms with van der Waals surface area (Å²) >= 11 is 0. The van der Waals surface area contributed by atoms with Gasteiger partial charge in [0.2, 0.25) is 5.91 Å². The van der Waals surface area contributed by atoms with Crippen LogP contribution in [0.5, 0.6) is 11.5 Å². The Morgan fingerprint density at radius 3 is 1.97 bits per heavy atom. The molecule has 1 amide bonds. The molecule has 0 spiro atoms. The number of anilines is 2. The zero-order chi connectivity index (χ0) is 22.4. The first-order valence-electron chi connectivity index (χ1n) is 9.51. The average Bonchev–Trinajstić information content (AvgIpc) is 2.75. The lowest BCUT2D eigenvalue weighted by Gasteiger charge is -2.13. The Morgan fingerprint density at radius 1 is 0.839 bits per heavy atom. The number of nitrogens with one attached hydrogen (secondary N) is 2. The fourth-order valence-electron chi connectivity index (χ4n) is 2.97. The van der Waals surface area contributed by atoms with Crippen molar-refractivity contribution in [2.24, 2.45) is 0 Å². The molecule has 0 radical (unpaired) electrons. The average molecular weight is 441 g/mol. The minimum atomic E-state index is -3.84. The first kappa shape index (κ1) is 22.2. The third-order valence-electron chi connectivity index (χ3n) is 4.63. The highest BCUT2D eigenvalue weighted by molar-refractivity contribution is 7.92. The van der Waals surface area contributed by atoms with Crippen molar-refractivity contribution in [1.29, 1.82) is 0 Å². The van der Waals surface area contributed by atoms with Gasteiger partial charge in [-0.3, -0.25) is 9.52 Å². The number of carbonyl (C=O) groups excluding carboxylic acids is 1. The number of amides is 1. The van der Waals surface area contributed by atoms with Crippen molar-refractivity contribution < 1.29 is 22.7 Å². The van der Waals surface area contributed by atoms with Crippen molar-refractivity contribution in [1.82, 2.24) is 0 Å². The highest BCUT2D eigenvalue weighted by Crippen LogP contribution is 2.24. The summed E-state index contributed by atoms with van der Waals surface area (Å²) in [6.07, 6.45) is 0.157. The number of aryl methyl sites for hydroxylation is 1. The van der Waals surface area contributed by atoms with Crippen LogP contribution in [-0.2, 0) is 21.2 Å². The van der Waals surface area contributed by atoms with E-state index in [1.54, 1.807) is 62.6 Å². The van der Waals surface area contributed by atoms with Gasteiger partial charge in [-0.2, -0.15) is 0 Å². The topological polar surface area (TPSA) is 93.7 Å². The fraction of sp³-hybridized carbons (Fsp3) is 0.174. The molecule has 7 nitrogen and oxygen atoms in total. The van der Waals surface area contributed by atoms with E-state index >= 15 is 0 Å². The van der Waals surface area contributed by atoms with Crippen LogP contribution in [0.15, 0.2) is 71.6 Å². The predicted molar refractivity (Wildman–Crippen MR) is 120 cm³/mol. The van der Waals surface area contributed by atoms with Gasteiger partial charge < -0.3 is 14.8 Å². The predicted octanol–water partition coefficient (Wildman–Crippen LogP) is 3.99. The molecule has 0 atom stereocenters. The van der Waals surface area contributed by atoms with E-state index in [1.807, 2.05) is 12.1 Å². The number of rotatable bonds is 8. The molecule has 0 bridgehead atoms. The first-order chi connectivity index (χ1) is 14.8. The summed E-state index contributed by atoms with van der Waals surface area (Å²) in [6, 6.07) is 18.5. The maximum absolute atomic E-state index is 12.9. The van der Waals surface area contributed by atoms with Crippen LogP contribution in [0.2, 0.25) is 0 Å². The van der Waals surface area contributed by atoms with Gasteiger partial charge in [0.1, 0.15) is 11.5 Å². The summed E-state index contributed by atoms with van der Waals surface area (Å²) in [7, 11) is -0.728. The maximum Gasteiger partial charge on any atom is 0.262 e. The van der Waals surface area contributed by atoms with Crippen molar-refractivity contribution >= 4 is 27.3 Å². The van der Waals surface area contributed by atoms with Crippen molar-refractivity contribution in [3.05, 3.63) is 77.9 Å². The minimum Gasteiger partial charge on any atom is -0.497 e. The number of hydrogen-bond donors (Lipinski definition) is 2. The molecule has 0 heterocycles. The van der Waals surface area contributed by atoms with Crippen LogP contribution < -0.4 is 19.5 Å². The molecule has 3 aromatic carbocycles. The van der Waals surface area contributed by atoms with Crippen LogP contribution in [0.3, 0.4) is 0 Å². The first-order valence-corrected chi connectivity index (χ1v) is 11.0. The van der Waals surface area contributed by atoms with E-state index in [9.17, 15) is 13.2 Å². The van der Waals surface area contributed by atoms with Crippen molar-refractivity contribution in [3.63, 3.8) is 0 Å². The highest BCUT2D eigenvalue weighted by Gasteiger charge is 2.18. The highest BCUT2D eigenvalue weighted by atomic mass is 32.2. The SMILES string of the molecule is COc1ccc(CC(=O)Nc2ccc(C)c(S(=O)(=O)Nc3ccc(OC)cc3)c2)cc1. The number of benzene rings is 3. The monoisotopic (exact) mass is 440 g/mol. The molecule has 0 aliphatic rings. The molecular formula is C23H24N2O5S. The second kappa shape index (κ2) is 9.53. The Labute approximate surface area is 182 Å². The third-order valence-corrected chi connectivity index (χ3v) is 6.15. The van der Waals surface area contributed by atoms with Crippen LogP contribution in [0.4, 0.5) is 11.4 Å².